The maximum Gasteiger partial charge on any atom is 0.327 e. The molecular weight excluding hydrogens is 222 g/mol. The van der Waals surface area contributed by atoms with Gasteiger partial charge in [0, 0.05) is 5.75 Å². The number of carboxylic acid groups (broad SMARTS) is 1. The highest BCUT2D eigenvalue weighted by Crippen LogP contribution is 2.10. The second-order valence-corrected chi connectivity index (χ2v) is 3.56. The molecule has 1 amide bonds. The molecule has 0 aromatic carbocycles. The summed E-state index contributed by atoms with van der Waals surface area (Å²) in [5.74, 6) is 0.0243. The van der Waals surface area contributed by atoms with E-state index < -0.39 is 12.0 Å². The highest BCUT2D eigenvalue weighted by molar-refractivity contribution is 7.98. The first-order valence-corrected chi connectivity index (χ1v) is 5.15. The molecule has 0 bridgehead atoms. The number of nitrogens with zero attached hydrogens (tertiary/aromatic N) is 2. The SMILES string of the molecule is O=CNC(CSCc1ncno1)C(=O)O. The lowest BCUT2D eigenvalue weighted by Gasteiger charge is -2.08. The fourth-order valence-electron chi connectivity index (χ4n) is 0.796. The van der Waals surface area contributed by atoms with Gasteiger partial charge < -0.3 is 14.9 Å². The summed E-state index contributed by atoms with van der Waals surface area (Å²) in [6.45, 7) is 0. The summed E-state index contributed by atoms with van der Waals surface area (Å²) in [5.41, 5.74) is 0. The predicted molar refractivity (Wildman–Crippen MR) is 51.1 cm³/mol. The van der Waals surface area contributed by atoms with Gasteiger partial charge in [-0.05, 0) is 0 Å². The van der Waals surface area contributed by atoms with Crippen molar-refractivity contribution in [1.29, 1.82) is 0 Å². The van der Waals surface area contributed by atoms with Crippen LogP contribution in [0.3, 0.4) is 0 Å². The number of carbonyl (C=O) groups is 2. The van der Waals surface area contributed by atoms with Crippen molar-refractivity contribution in [3.8, 4) is 0 Å². The molecule has 1 atom stereocenters. The van der Waals surface area contributed by atoms with Crippen molar-refractivity contribution in [1.82, 2.24) is 15.5 Å². The second kappa shape index (κ2) is 6.02. The van der Waals surface area contributed by atoms with Crippen LogP contribution in [0.1, 0.15) is 5.89 Å². The monoisotopic (exact) mass is 231 g/mol. The van der Waals surface area contributed by atoms with Crippen LogP contribution >= 0.6 is 11.8 Å². The highest BCUT2D eigenvalue weighted by atomic mass is 32.2. The first kappa shape index (κ1) is 11.5. The molecule has 82 valence electrons. The lowest BCUT2D eigenvalue weighted by molar-refractivity contribution is -0.139. The van der Waals surface area contributed by atoms with Crippen LogP contribution in [0, 0.1) is 0 Å². The van der Waals surface area contributed by atoms with E-state index in [4.69, 9.17) is 9.63 Å². The average molecular weight is 231 g/mol. The molecule has 0 fully saturated rings. The van der Waals surface area contributed by atoms with Crippen LogP contribution in [0.5, 0.6) is 0 Å². The summed E-state index contributed by atoms with van der Waals surface area (Å²) in [4.78, 5) is 24.5. The molecule has 0 aliphatic carbocycles. The molecule has 15 heavy (non-hydrogen) atoms. The molecule has 1 aromatic rings. The third-order valence-corrected chi connectivity index (χ3v) is 2.50. The maximum atomic E-state index is 10.6. The van der Waals surface area contributed by atoms with Gasteiger partial charge in [-0.25, -0.2) is 4.79 Å². The number of carboxylic acids is 1. The van der Waals surface area contributed by atoms with Crippen LogP contribution in [-0.2, 0) is 15.3 Å². The molecule has 0 aliphatic heterocycles. The van der Waals surface area contributed by atoms with Gasteiger partial charge in [-0.1, -0.05) is 5.16 Å². The van der Waals surface area contributed by atoms with E-state index in [2.05, 4.69) is 15.5 Å². The summed E-state index contributed by atoms with van der Waals surface area (Å²) < 4.78 is 4.72. The van der Waals surface area contributed by atoms with E-state index >= 15 is 0 Å². The Morgan fingerprint density at radius 2 is 2.60 bits per heavy atom. The van der Waals surface area contributed by atoms with E-state index in [1.165, 1.54) is 18.1 Å². The Kier molecular flexibility index (Phi) is 4.61. The first-order valence-electron chi connectivity index (χ1n) is 4.00. The van der Waals surface area contributed by atoms with Gasteiger partial charge in [-0.15, -0.1) is 11.8 Å². The molecule has 1 heterocycles. The second-order valence-electron chi connectivity index (χ2n) is 2.53. The summed E-state index contributed by atoms with van der Waals surface area (Å²) in [7, 11) is 0. The predicted octanol–water partition coefficient (Wildman–Crippen LogP) is -0.498. The Morgan fingerprint density at radius 1 is 1.80 bits per heavy atom. The zero-order valence-electron chi connectivity index (χ0n) is 7.62. The van der Waals surface area contributed by atoms with E-state index in [0.29, 0.717) is 18.1 Å². The minimum atomic E-state index is -1.07. The van der Waals surface area contributed by atoms with Gasteiger partial charge in [0.15, 0.2) is 6.33 Å². The third kappa shape index (κ3) is 3.98. The zero-order valence-corrected chi connectivity index (χ0v) is 8.44. The van der Waals surface area contributed by atoms with Gasteiger partial charge in [0.1, 0.15) is 6.04 Å². The Hall–Kier alpha value is -1.57. The molecule has 0 aliphatic rings. The van der Waals surface area contributed by atoms with Crippen molar-refractivity contribution >= 4 is 24.1 Å². The van der Waals surface area contributed by atoms with Crippen molar-refractivity contribution in [2.24, 2.45) is 0 Å². The average Bonchev–Trinajstić information content (AvgIpc) is 2.69. The number of aliphatic carboxylic acids is 1. The summed E-state index contributed by atoms with van der Waals surface area (Å²) in [6.07, 6.45) is 1.64. The van der Waals surface area contributed by atoms with Crippen molar-refractivity contribution in [3.63, 3.8) is 0 Å². The Balaban J connectivity index is 2.28. The maximum absolute atomic E-state index is 10.6. The molecule has 1 aromatic heterocycles. The topological polar surface area (TPSA) is 105 Å². The number of nitrogens with one attached hydrogen (secondary N) is 1. The Labute approximate surface area is 89.2 Å². The molecule has 8 heteroatoms. The number of hydrogen-bond acceptors (Lipinski definition) is 6. The summed E-state index contributed by atoms with van der Waals surface area (Å²) >= 11 is 1.29. The van der Waals surface area contributed by atoms with Gasteiger partial charge in [-0.3, -0.25) is 4.79 Å². The van der Waals surface area contributed by atoms with Gasteiger partial charge in [0.2, 0.25) is 12.3 Å². The van der Waals surface area contributed by atoms with E-state index in [0.717, 1.165) is 0 Å². The van der Waals surface area contributed by atoms with Crippen LogP contribution in [0.2, 0.25) is 0 Å². The van der Waals surface area contributed by atoms with Crippen molar-refractivity contribution < 1.29 is 19.2 Å². The highest BCUT2D eigenvalue weighted by Gasteiger charge is 2.16. The van der Waals surface area contributed by atoms with E-state index in [-0.39, 0.29) is 5.75 Å². The summed E-state index contributed by atoms with van der Waals surface area (Å²) in [5, 5.41) is 14.3. The van der Waals surface area contributed by atoms with Gasteiger partial charge in [0.25, 0.3) is 0 Å². The van der Waals surface area contributed by atoms with Crippen LogP contribution < -0.4 is 5.32 Å². The fourth-order valence-corrected chi connectivity index (χ4v) is 1.69. The fraction of sp³-hybridized carbons (Fsp3) is 0.429. The van der Waals surface area contributed by atoms with Crippen LogP contribution in [0.25, 0.3) is 0 Å². The number of hydrogen-bond donors (Lipinski definition) is 2. The normalized spacial score (nSPS) is 12.0. The number of carbonyl (C=O) groups excluding carboxylic acids is 1. The molecule has 2 N–H and O–H groups in total. The molecule has 1 rings (SSSR count). The quantitative estimate of drug-likeness (QED) is 0.609. The molecule has 0 saturated carbocycles. The zero-order chi connectivity index (χ0) is 11.1. The Bertz CT molecular complexity index is 316. The third-order valence-electron chi connectivity index (χ3n) is 1.48. The largest absolute Gasteiger partial charge is 0.480 e. The Morgan fingerprint density at radius 3 is 3.13 bits per heavy atom. The van der Waals surface area contributed by atoms with Crippen molar-refractivity contribution in [2.75, 3.05) is 5.75 Å². The number of aromatic nitrogens is 2. The van der Waals surface area contributed by atoms with E-state index in [1.807, 2.05) is 0 Å². The molecule has 0 saturated heterocycles. The van der Waals surface area contributed by atoms with Crippen LogP contribution in [0.4, 0.5) is 0 Å². The number of rotatable bonds is 7. The summed E-state index contributed by atoms with van der Waals surface area (Å²) in [6, 6.07) is -0.893. The van der Waals surface area contributed by atoms with Gasteiger partial charge >= 0.3 is 5.97 Å². The molecule has 1 unspecified atom stereocenters. The lowest BCUT2D eigenvalue weighted by atomic mass is 10.3. The number of thioether (sulfide) groups is 1. The minimum Gasteiger partial charge on any atom is -0.480 e. The molecule has 0 radical (unpaired) electrons. The smallest absolute Gasteiger partial charge is 0.327 e. The number of amides is 1. The molecule has 0 spiro atoms. The van der Waals surface area contributed by atoms with Gasteiger partial charge in [-0.2, -0.15) is 4.98 Å². The molecular formula is C7H9N3O4S. The van der Waals surface area contributed by atoms with Crippen molar-refractivity contribution in [2.45, 2.75) is 11.8 Å². The first-order chi connectivity index (χ1) is 7.24. The minimum absolute atomic E-state index is 0.246. The lowest BCUT2D eigenvalue weighted by Crippen LogP contribution is -2.37. The van der Waals surface area contributed by atoms with E-state index in [1.54, 1.807) is 0 Å². The standard InChI is InChI=1S/C7H9N3O4S/c11-4-9-5(7(12)13)1-15-2-6-8-3-10-14-6/h3-5H,1-2H2,(H,9,11)(H,12,13). The van der Waals surface area contributed by atoms with E-state index in [9.17, 15) is 9.59 Å². The molecule has 7 nitrogen and oxygen atoms in total. The van der Waals surface area contributed by atoms with Crippen LogP contribution in [-0.4, -0.2) is 39.4 Å². The van der Waals surface area contributed by atoms with Gasteiger partial charge in [0.05, 0.1) is 5.75 Å². The van der Waals surface area contributed by atoms with Crippen LogP contribution in [0.15, 0.2) is 10.9 Å². The van der Waals surface area contributed by atoms with Crippen molar-refractivity contribution in [3.05, 3.63) is 12.2 Å².